The number of hydrogen-bond donors (Lipinski definition) is 0. The van der Waals surface area contributed by atoms with Gasteiger partial charge in [-0.15, -0.1) is 0 Å². The second-order valence-corrected chi connectivity index (χ2v) is 18.1. The van der Waals surface area contributed by atoms with E-state index in [2.05, 4.69) is 254 Å². The fraction of sp³-hybridized carbons (Fsp3) is 0.0476. The summed E-state index contributed by atoms with van der Waals surface area (Å²) in [6.45, 7) is 4.80. The Balaban J connectivity index is 0.954. The highest BCUT2D eigenvalue weighted by Crippen LogP contribution is 2.51. The third-order valence-corrected chi connectivity index (χ3v) is 14.1. The summed E-state index contributed by atoms with van der Waals surface area (Å²) in [4.78, 5) is 0. The summed E-state index contributed by atoms with van der Waals surface area (Å²) in [5, 5.41) is 5.02. The van der Waals surface area contributed by atoms with Crippen molar-refractivity contribution in [1.29, 1.82) is 0 Å². The van der Waals surface area contributed by atoms with E-state index in [-0.39, 0.29) is 5.41 Å². The van der Waals surface area contributed by atoms with Crippen LogP contribution in [0.25, 0.3) is 111 Å². The fourth-order valence-electron chi connectivity index (χ4n) is 10.8. The molecule has 2 nitrogen and oxygen atoms in total. The zero-order valence-corrected chi connectivity index (χ0v) is 36.3. The minimum Gasteiger partial charge on any atom is -0.309 e. The van der Waals surface area contributed by atoms with E-state index < -0.39 is 0 Å². The summed E-state index contributed by atoms with van der Waals surface area (Å²) in [7, 11) is 0. The van der Waals surface area contributed by atoms with Gasteiger partial charge in [0.1, 0.15) is 0 Å². The quantitative estimate of drug-likeness (QED) is 0.158. The van der Waals surface area contributed by atoms with Crippen LogP contribution in [0, 0.1) is 0 Å². The van der Waals surface area contributed by atoms with Crippen molar-refractivity contribution in [1.82, 2.24) is 9.13 Å². The molecule has 1 aliphatic carbocycles. The van der Waals surface area contributed by atoms with Crippen molar-refractivity contribution in [3.8, 4) is 67.0 Å². The van der Waals surface area contributed by atoms with Gasteiger partial charge in [0.05, 0.1) is 22.1 Å². The molecule has 0 N–H and O–H groups in total. The maximum absolute atomic E-state index is 2.48. The highest BCUT2D eigenvalue weighted by molar-refractivity contribution is 6.13. The summed E-state index contributed by atoms with van der Waals surface area (Å²) in [6.07, 6.45) is 0. The molecule has 306 valence electrons. The summed E-state index contributed by atoms with van der Waals surface area (Å²) < 4.78 is 4.95. The number of nitrogens with zero attached hydrogens (tertiary/aromatic N) is 2. The molecule has 0 atom stereocenters. The Bertz CT molecular complexity index is 3370. The maximum Gasteiger partial charge on any atom is 0.0541 e. The largest absolute Gasteiger partial charge is 0.309 e. The molecule has 0 spiro atoms. The van der Waals surface area contributed by atoms with E-state index in [1.807, 2.05) is 0 Å². The van der Waals surface area contributed by atoms with Crippen molar-refractivity contribution < 1.29 is 0 Å². The van der Waals surface area contributed by atoms with Gasteiger partial charge in [0.2, 0.25) is 0 Å². The lowest BCUT2D eigenvalue weighted by atomic mass is 9.82. The molecule has 2 heterocycles. The molecular weight excluding hydrogens is 785 g/mol. The van der Waals surface area contributed by atoms with Gasteiger partial charge in [0, 0.05) is 38.3 Å². The van der Waals surface area contributed by atoms with Gasteiger partial charge < -0.3 is 9.13 Å². The van der Waals surface area contributed by atoms with Gasteiger partial charge in [0.25, 0.3) is 0 Å². The van der Waals surface area contributed by atoms with Crippen molar-refractivity contribution >= 4 is 43.6 Å². The van der Waals surface area contributed by atoms with Gasteiger partial charge in [-0.2, -0.15) is 0 Å². The molecule has 0 fully saturated rings. The Hall–Kier alpha value is -8.20. The van der Waals surface area contributed by atoms with Crippen LogP contribution in [0.5, 0.6) is 0 Å². The first-order valence-electron chi connectivity index (χ1n) is 22.7. The highest BCUT2D eigenvalue weighted by atomic mass is 15.0. The van der Waals surface area contributed by atoms with Crippen LogP contribution in [-0.4, -0.2) is 9.13 Å². The maximum atomic E-state index is 2.48. The van der Waals surface area contributed by atoms with Crippen LogP contribution in [0.1, 0.15) is 25.0 Å². The second-order valence-electron chi connectivity index (χ2n) is 18.1. The third kappa shape index (κ3) is 5.88. The van der Waals surface area contributed by atoms with Gasteiger partial charge in [-0.05, 0) is 140 Å². The van der Waals surface area contributed by atoms with Gasteiger partial charge in [-0.3, -0.25) is 0 Å². The van der Waals surface area contributed by atoms with Crippen LogP contribution in [-0.2, 0) is 5.41 Å². The molecule has 0 bridgehead atoms. The average molecular weight is 829 g/mol. The zero-order chi connectivity index (χ0) is 43.2. The lowest BCUT2D eigenvalue weighted by molar-refractivity contribution is 0.659. The molecule has 0 aliphatic heterocycles. The summed E-state index contributed by atoms with van der Waals surface area (Å²) >= 11 is 0. The average Bonchev–Trinajstić information content (AvgIpc) is 3.96. The third-order valence-electron chi connectivity index (χ3n) is 14.1. The molecule has 0 unspecified atom stereocenters. The minimum atomic E-state index is -0.240. The van der Waals surface area contributed by atoms with E-state index in [9.17, 15) is 0 Å². The number of aromatic nitrogens is 2. The highest BCUT2D eigenvalue weighted by Gasteiger charge is 2.36. The molecule has 2 heteroatoms. The molecule has 12 aromatic rings. The predicted octanol–water partition coefficient (Wildman–Crippen LogP) is 16.9. The van der Waals surface area contributed by atoms with E-state index >= 15 is 0 Å². The molecule has 0 saturated carbocycles. The van der Waals surface area contributed by atoms with Gasteiger partial charge >= 0.3 is 0 Å². The molecular formula is C63H44N2. The smallest absolute Gasteiger partial charge is 0.0541 e. The standard InChI is InChI=1S/C63H44N2/c1-63(2)57-39-49(64-59-31-23-45(41-15-7-3-8-16-41)35-53(59)54-36-46(24-32-60(54)64)42-17-9-4-10-18-42)27-29-51(57)52-30-28-50(40-58(52)63)65-61-33-25-47(43-19-11-5-12-20-43)37-55(61)56-38-48(26-34-62(56)65)44-21-13-6-14-22-44/h3-40H,1-2H3. The molecule has 0 amide bonds. The number of benzene rings is 10. The van der Waals surface area contributed by atoms with E-state index in [0.717, 1.165) is 0 Å². The van der Waals surface area contributed by atoms with E-state index in [0.29, 0.717) is 0 Å². The lowest BCUT2D eigenvalue weighted by Crippen LogP contribution is -2.16. The number of hydrogen-bond acceptors (Lipinski definition) is 0. The summed E-state index contributed by atoms with van der Waals surface area (Å²) in [5.41, 5.74) is 22.0. The SMILES string of the molecule is CC1(C)c2cc(-n3c4ccc(-c5ccccc5)cc4c4cc(-c5ccccc5)ccc43)ccc2-c2ccc(-n3c4ccc(-c5ccccc5)cc4c4cc(-c5ccccc5)ccc43)cc21. The monoisotopic (exact) mass is 828 g/mol. The molecule has 10 aromatic carbocycles. The Morgan fingerprint density at radius 3 is 0.815 bits per heavy atom. The van der Waals surface area contributed by atoms with Crippen LogP contribution < -0.4 is 0 Å². The Morgan fingerprint density at radius 2 is 0.538 bits per heavy atom. The topological polar surface area (TPSA) is 9.86 Å². The van der Waals surface area contributed by atoms with Crippen LogP contribution in [0.3, 0.4) is 0 Å². The van der Waals surface area contributed by atoms with Crippen LogP contribution in [0.4, 0.5) is 0 Å². The molecule has 0 saturated heterocycles. The Morgan fingerprint density at radius 1 is 0.262 bits per heavy atom. The zero-order valence-electron chi connectivity index (χ0n) is 36.3. The molecule has 65 heavy (non-hydrogen) atoms. The van der Waals surface area contributed by atoms with Crippen molar-refractivity contribution in [2.45, 2.75) is 19.3 Å². The number of rotatable bonds is 6. The van der Waals surface area contributed by atoms with E-state index in [1.54, 1.807) is 0 Å². The minimum absolute atomic E-state index is 0.240. The summed E-state index contributed by atoms with van der Waals surface area (Å²) in [5.74, 6) is 0. The first-order chi connectivity index (χ1) is 32.0. The second kappa shape index (κ2) is 14.4. The summed E-state index contributed by atoms with van der Waals surface area (Å²) in [6, 6.07) is 85.1. The van der Waals surface area contributed by atoms with Crippen LogP contribution in [0.2, 0.25) is 0 Å². The van der Waals surface area contributed by atoms with E-state index in [4.69, 9.17) is 0 Å². The Labute approximate surface area is 378 Å². The van der Waals surface area contributed by atoms with Crippen molar-refractivity contribution in [3.63, 3.8) is 0 Å². The van der Waals surface area contributed by atoms with Crippen molar-refractivity contribution in [2.75, 3.05) is 0 Å². The predicted molar refractivity (Wildman–Crippen MR) is 274 cm³/mol. The normalized spacial score (nSPS) is 12.9. The number of fused-ring (bicyclic) bond motifs is 9. The molecule has 1 aliphatic rings. The van der Waals surface area contributed by atoms with E-state index in [1.165, 1.54) is 122 Å². The molecule has 13 rings (SSSR count). The lowest BCUT2D eigenvalue weighted by Gasteiger charge is -2.23. The van der Waals surface area contributed by atoms with Gasteiger partial charge in [-0.1, -0.05) is 172 Å². The van der Waals surface area contributed by atoms with Gasteiger partial charge in [-0.25, -0.2) is 0 Å². The van der Waals surface area contributed by atoms with Crippen molar-refractivity contribution in [2.24, 2.45) is 0 Å². The van der Waals surface area contributed by atoms with Crippen LogP contribution >= 0.6 is 0 Å². The molecule has 0 radical (unpaired) electrons. The Kier molecular flexibility index (Phi) is 8.29. The first-order valence-corrected chi connectivity index (χ1v) is 22.7. The van der Waals surface area contributed by atoms with Crippen LogP contribution in [0.15, 0.2) is 231 Å². The first kappa shape index (κ1) is 37.4. The van der Waals surface area contributed by atoms with Gasteiger partial charge in [0.15, 0.2) is 0 Å². The van der Waals surface area contributed by atoms with Crippen molar-refractivity contribution in [3.05, 3.63) is 242 Å². The fourth-order valence-corrected chi connectivity index (χ4v) is 10.8. The molecule has 2 aromatic heterocycles.